The molecule has 0 radical (unpaired) electrons. The van der Waals surface area contributed by atoms with Crippen molar-refractivity contribution in [2.45, 2.75) is 19.9 Å². The molecule has 17 heavy (non-hydrogen) atoms. The molecular formula is C7H16N2O6S2. The summed E-state index contributed by atoms with van der Waals surface area (Å²) in [6.07, 6.45) is 0. The van der Waals surface area contributed by atoms with Crippen molar-refractivity contribution in [3.63, 3.8) is 0 Å². The zero-order valence-corrected chi connectivity index (χ0v) is 11.1. The predicted octanol–water partition coefficient (Wildman–Crippen LogP) is -1.68. The maximum absolute atomic E-state index is 11.3. The van der Waals surface area contributed by atoms with Crippen molar-refractivity contribution >= 4 is 26.0 Å². The molecule has 0 saturated heterocycles. The molecule has 0 aromatic rings. The average Bonchev–Trinajstić information content (AvgIpc) is 2.16. The number of carbonyl (C=O) groups is 1. The minimum atomic E-state index is -3.81. The number of carboxylic acid groups (broad SMARTS) is 1. The highest BCUT2D eigenvalue weighted by atomic mass is 32.2. The smallest absolute Gasteiger partial charge is 0.321 e. The lowest BCUT2D eigenvalue weighted by Crippen LogP contribution is -2.42. The third-order valence-corrected chi connectivity index (χ3v) is 4.66. The summed E-state index contributed by atoms with van der Waals surface area (Å²) in [7, 11) is -7.26. The van der Waals surface area contributed by atoms with Gasteiger partial charge in [0.25, 0.3) is 0 Å². The Bertz CT molecular complexity index is 455. The van der Waals surface area contributed by atoms with Crippen LogP contribution in [0.3, 0.4) is 0 Å². The molecule has 10 heteroatoms. The van der Waals surface area contributed by atoms with Gasteiger partial charge in [-0.05, 0) is 13.8 Å². The molecule has 1 atom stereocenters. The zero-order chi connectivity index (χ0) is 13.7. The molecule has 8 nitrogen and oxygen atoms in total. The molecule has 0 heterocycles. The molecule has 0 spiro atoms. The molecule has 0 saturated carbocycles. The SMILES string of the molecule is CCS(=O)(=O)NCCS(=O)(=O)N[C@@H](C)C(=O)O. The maximum Gasteiger partial charge on any atom is 0.321 e. The largest absolute Gasteiger partial charge is 0.480 e. The first kappa shape index (κ1) is 16.3. The predicted molar refractivity (Wildman–Crippen MR) is 61.5 cm³/mol. The number of aliphatic carboxylic acids is 1. The van der Waals surface area contributed by atoms with Crippen molar-refractivity contribution in [1.29, 1.82) is 0 Å². The fraction of sp³-hybridized carbons (Fsp3) is 0.857. The van der Waals surface area contributed by atoms with Crippen LogP contribution in [0.2, 0.25) is 0 Å². The van der Waals surface area contributed by atoms with E-state index in [1.165, 1.54) is 13.8 Å². The quantitative estimate of drug-likeness (QED) is 0.489. The van der Waals surface area contributed by atoms with E-state index in [1.54, 1.807) is 0 Å². The fourth-order valence-electron chi connectivity index (χ4n) is 0.812. The number of carboxylic acids is 1. The summed E-state index contributed by atoms with van der Waals surface area (Å²) in [5.74, 6) is -1.96. The van der Waals surface area contributed by atoms with Crippen molar-refractivity contribution < 1.29 is 26.7 Å². The van der Waals surface area contributed by atoms with Crippen molar-refractivity contribution in [2.75, 3.05) is 18.1 Å². The van der Waals surface area contributed by atoms with E-state index in [0.717, 1.165) is 0 Å². The third-order valence-electron chi connectivity index (χ3n) is 1.80. The van der Waals surface area contributed by atoms with Gasteiger partial charge in [0.05, 0.1) is 11.5 Å². The molecule has 0 aliphatic carbocycles. The molecule has 102 valence electrons. The van der Waals surface area contributed by atoms with Crippen LogP contribution in [0.4, 0.5) is 0 Å². The highest BCUT2D eigenvalue weighted by molar-refractivity contribution is 7.90. The van der Waals surface area contributed by atoms with E-state index in [-0.39, 0.29) is 12.3 Å². The van der Waals surface area contributed by atoms with E-state index >= 15 is 0 Å². The molecule has 3 N–H and O–H groups in total. The van der Waals surface area contributed by atoms with Gasteiger partial charge in [-0.25, -0.2) is 26.3 Å². The van der Waals surface area contributed by atoms with Gasteiger partial charge in [0.2, 0.25) is 20.0 Å². The molecule has 0 unspecified atom stereocenters. The average molecular weight is 288 g/mol. The van der Waals surface area contributed by atoms with E-state index in [1.807, 2.05) is 4.72 Å². The van der Waals surface area contributed by atoms with Gasteiger partial charge in [0, 0.05) is 6.54 Å². The number of hydrogen-bond acceptors (Lipinski definition) is 5. The fourth-order valence-corrected chi connectivity index (χ4v) is 2.69. The van der Waals surface area contributed by atoms with Crippen LogP contribution in [0, 0.1) is 0 Å². The van der Waals surface area contributed by atoms with Gasteiger partial charge < -0.3 is 5.11 Å². The van der Waals surface area contributed by atoms with E-state index in [0.29, 0.717) is 0 Å². The van der Waals surface area contributed by atoms with E-state index in [2.05, 4.69) is 4.72 Å². The summed E-state index contributed by atoms with van der Waals surface area (Å²) in [6, 6.07) is -1.25. The van der Waals surface area contributed by atoms with Gasteiger partial charge in [0.15, 0.2) is 0 Å². The Balaban J connectivity index is 4.26. The minimum absolute atomic E-state index is 0.147. The van der Waals surface area contributed by atoms with Crippen LogP contribution in [0.1, 0.15) is 13.8 Å². The second-order valence-electron chi connectivity index (χ2n) is 3.29. The second kappa shape index (κ2) is 6.28. The topological polar surface area (TPSA) is 130 Å². The molecule has 0 aliphatic rings. The van der Waals surface area contributed by atoms with Gasteiger partial charge in [-0.15, -0.1) is 0 Å². The van der Waals surface area contributed by atoms with Crippen molar-refractivity contribution in [1.82, 2.24) is 9.44 Å². The first-order valence-electron chi connectivity index (χ1n) is 4.80. The Morgan fingerprint density at radius 2 is 1.76 bits per heavy atom. The molecule has 0 rings (SSSR count). The van der Waals surface area contributed by atoms with E-state index in [9.17, 15) is 21.6 Å². The monoisotopic (exact) mass is 288 g/mol. The van der Waals surface area contributed by atoms with Gasteiger partial charge in [-0.2, -0.15) is 0 Å². The highest BCUT2D eigenvalue weighted by Crippen LogP contribution is 1.90. The standard InChI is InChI=1S/C7H16N2O6S2/c1-3-16(12,13)8-4-5-17(14,15)9-6(2)7(10)11/h6,8-9H,3-5H2,1-2H3,(H,10,11)/t6-/m0/s1. The van der Waals surface area contributed by atoms with Gasteiger partial charge in [-0.3, -0.25) is 4.79 Å². The minimum Gasteiger partial charge on any atom is -0.480 e. The molecule has 0 amide bonds. The molecule has 0 aromatic heterocycles. The van der Waals surface area contributed by atoms with Gasteiger partial charge in [0.1, 0.15) is 6.04 Å². The summed E-state index contributed by atoms with van der Waals surface area (Å²) in [5.41, 5.74) is 0. The molecule has 0 aromatic carbocycles. The van der Waals surface area contributed by atoms with Crippen molar-refractivity contribution in [3.05, 3.63) is 0 Å². The third kappa shape index (κ3) is 7.26. The Kier molecular flexibility index (Phi) is 6.02. The highest BCUT2D eigenvalue weighted by Gasteiger charge is 2.19. The first-order valence-corrected chi connectivity index (χ1v) is 8.10. The Hall–Kier alpha value is -0.710. The van der Waals surface area contributed by atoms with Gasteiger partial charge in [-0.1, -0.05) is 0 Å². The number of nitrogens with one attached hydrogen (secondary N) is 2. The van der Waals surface area contributed by atoms with Crippen LogP contribution in [0.25, 0.3) is 0 Å². The number of rotatable bonds is 8. The normalized spacial score (nSPS) is 14.5. The van der Waals surface area contributed by atoms with Crippen LogP contribution in [0.5, 0.6) is 0 Å². The number of hydrogen-bond donors (Lipinski definition) is 3. The summed E-state index contributed by atoms with van der Waals surface area (Å²) in [6.45, 7) is 2.30. The summed E-state index contributed by atoms with van der Waals surface area (Å²) < 4.78 is 48.6. The van der Waals surface area contributed by atoms with E-state index < -0.39 is 37.8 Å². The van der Waals surface area contributed by atoms with Crippen LogP contribution in [-0.4, -0.2) is 52.0 Å². The maximum atomic E-state index is 11.3. The lowest BCUT2D eigenvalue weighted by atomic mass is 10.4. The van der Waals surface area contributed by atoms with Crippen LogP contribution in [-0.2, 0) is 24.8 Å². The first-order chi connectivity index (χ1) is 7.59. The van der Waals surface area contributed by atoms with Crippen molar-refractivity contribution in [2.24, 2.45) is 0 Å². The van der Waals surface area contributed by atoms with Crippen LogP contribution in [0.15, 0.2) is 0 Å². The van der Waals surface area contributed by atoms with E-state index in [4.69, 9.17) is 5.11 Å². The lowest BCUT2D eigenvalue weighted by Gasteiger charge is -2.10. The summed E-state index contributed by atoms with van der Waals surface area (Å²) in [4.78, 5) is 10.4. The van der Waals surface area contributed by atoms with Crippen molar-refractivity contribution in [3.8, 4) is 0 Å². The number of sulfonamides is 2. The molecular weight excluding hydrogens is 272 g/mol. The summed E-state index contributed by atoms with van der Waals surface area (Å²) >= 11 is 0. The van der Waals surface area contributed by atoms with Crippen LogP contribution >= 0.6 is 0 Å². The Morgan fingerprint density at radius 3 is 2.18 bits per heavy atom. The Labute approximate surface area is 101 Å². The molecule has 0 fully saturated rings. The zero-order valence-electron chi connectivity index (χ0n) is 9.50. The lowest BCUT2D eigenvalue weighted by molar-refractivity contribution is -0.138. The molecule has 0 bridgehead atoms. The Morgan fingerprint density at radius 1 is 1.24 bits per heavy atom. The summed E-state index contributed by atoms with van der Waals surface area (Å²) in [5, 5.41) is 8.50. The van der Waals surface area contributed by atoms with Crippen LogP contribution < -0.4 is 9.44 Å². The van der Waals surface area contributed by atoms with Gasteiger partial charge >= 0.3 is 5.97 Å². The second-order valence-corrected chi connectivity index (χ2v) is 7.26. The molecule has 0 aliphatic heterocycles.